The number of pyridine rings is 1. The first-order chi connectivity index (χ1) is 16.7. The number of halogens is 4. The van der Waals surface area contributed by atoms with Gasteiger partial charge >= 0.3 is 6.18 Å². The number of amides is 1. The number of thiazole rings is 1. The monoisotopic (exact) mass is 548 g/mol. The zero-order chi connectivity index (χ0) is 25.4. The van der Waals surface area contributed by atoms with Crippen molar-refractivity contribution in [3.63, 3.8) is 0 Å². The molecule has 3 rings (SSSR count). The molecule has 3 aromatic heterocycles. The number of anilines is 1. The van der Waals surface area contributed by atoms with E-state index in [9.17, 15) is 22.2 Å². The fraction of sp³-hybridized carbons (Fsp3) is 0.350. The molecule has 0 aliphatic heterocycles. The summed E-state index contributed by atoms with van der Waals surface area (Å²) in [5, 5.41) is 10.3. The highest BCUT2D eigenvalue weighted by atomic mass is 35.5. The Hall–Kier alpha value is -2.84. The van der Waals surface area contributed by atoms with Crippen LogP contribution in [0.5, 0.6) is 0 Å². The summed E-state index contributed by atoms with van der Waals surface area (Å²) in [5.41, 5.74) is 0.518. The van der Waals surface area contributed by atoms with Gasteiger partial charge in [-0.25, -0.2) is 9.67 Å². The van der Waals surface area contributed by atoms with Crippen LogP contribution < -0.4 is 4.90 Å². The van der Waals surface area contributed by atoms with Crippen LogP contribution in [0.2, 0.25) is 5.15 Å². The molecule has 1 amide bonds. The van der Waals surface area contributed by atoms with E-state index >= 15 is 0 Å². The molecule has 0 spiro atoms. The number of nitrogens with zero attached hydrogens (tertiary/aromatic N) is 6. The summed E-state index contributed by atoms with van der Waals surface area (Å²) in [5.74, 6) is -1.93. The van der Waals surface area contributed by atoms with Crippen LogP contribution in [-0.2, 0) is 27.0 Å². The zero-order valence-corrected chi connectivity index (χ0v) is 20.7. The van der Waals surface area contributed by atoms with Gasteiger partial charge in [-0.3, -0.25) is 14.0 Å². The molecule has 3 heterocycles. The molecule has 0 N–H and O–H groups in total. The van der Waals surface area contributed by atoms with Gasteiger partial charge in [-0.1, -0.05) is 16.8 Å². The number of oxime groups is 1. The van der Waals surface area contributed by atoms with Crippen molar-refractivity contribution < 1.29 is 27.0 Å². The average Bonchev–Trinajstić information content (AvgIpc) is 3.48. The Kier molecular flexibility index (Phi) is 9.34. The minimum absolute atomic E-state index is 0.00491. The summed E-state index contributed by atoms with van der Waals surface area (Å²) in [7, 11) is -2.02. The maximum atomic E-state index is 13.3. The van der Waals surface area contributed by atoms with Crippen molar-refractivity contribution in [3.8, 4) is 5.69 Å². The maximum Gasteiger partial charge on any atom is 0.390 e. The molecule has 9 nitrogen and oxygen atoms in total. The van der Waals surface area contributed by atoms with E-state index in [-0.39, 0.29) is 29.7 Å². The summed E-state index contributed by atoms with van der Waals surface area (Å²) < 4.78 is 51.5. The first-order valence-electron chi connectivity index (χ1n) is 10.1. The second kappa shape index (κ2) is 12.2. The first-order valence-corrected chi connectivity index (χ1v) is 12.9. The van der Waals surface area contributed by atoms with Crippen LogP contribution in [0.15, 0.2) is 47.5 Å². The highest BCUT2D eigenvalue weighted by Crippen LogP contribution is 2.26. The molecule has 0 saturated heterocycles. The average molecular weight is 549 g/mol. The number of rotatable bonds is 11. The second-order valence-electron chi connectivity index (χ2n) is 6.90. The molecule has 1 atom stereocenters. The van der Waals surface area contributed by atoms with E-state index in [0.29, 0.717) is 10.7 Å². The third-order valence-electron chi connectivity index (χ3n) is 4.42. The summed E-state index contributed by atoms with van der Waals surface area (Å²) in [4.78, 5) is 27.8. The van der Waals surface area contributed by atoms with Crippen LogP contribution in [0.4, 0.5) is 18.9 Å². The fourth-order valence-corrected chi connectivity index (χ4v) is 4.63. The number of alkyl halides is 3. The van der Waals surface area contributed by atoms with Crippen LogP contribution in [0.3, 0.4) is 0 Å². The van der Waals surface area contributed by atoms with Crippen LogP contribution in [-0.4, -0.2) is 59.8 Å². The molecule has 0 aliphatic carbocycles. The lowest BCUT2D eigenvalue weighted by atomic mass is 10.3. The standard InChI is InChI=1S/C20H20ClF3N6O3S2/c1-2-29(16-11-30(27-18(16)21)14-4-3-6-25-10-14)19(31)15(13-35(32)9-5-20(22,23)24)28-33-12-17-26-7-8-34-17/h3-4,6-8,10-11H,2,5,9,12-13H2,1H3/b28-15-. The zero-order valence-electron chi connectivity index (χ0n) is 18.3. The Morgan fingerprint density at radius 1 is 1.37 bits per heavy atom. The minimum atomic E-state index is -4.47. The Labute approximate surface area is 210 Å². The van der Waals surface area contributed by atoms with Crippen molar-refractivity contribution in [3.05, 3.63) is 52.5 Å². The van der Waals surface area contributed by atoms with Crippen LogP contribution in [0, 0.1) is 0 Å². The molecule has 0 fully saturated rings. The number of aromatic nitrogens is 4. The van der Waals surface area contributed by atoms with Crippen LogP contribution >= 0.6 is 22.9 Å². The van der Waals surface area contributed by atoms with Gasteiger partial charge in [0.25, 0.3) is 5.91 Å². The molecule has 0 aromatic carbocycles. The van der Waals surface area contributed by atoms with Crippen molar-refractivity contribution in [1.29, 1.82) is 0 Å². The summed E-state index contributed by atoms with van der Waals surface area (Å²) in [6.45, 7) is 1.73. The number of carbonyl (C=O) groups excluding carboxylic acids is 1. The third-order valence-corrected chi connectivity index (χ3v) is 6.70. The van der Waals surface area contributed by atoms with Crippen LogP contribution in [0.1, 0.15) is 18.4 Å². The molecule has 0 bridgehead atoms. The van der Waals surface area contributed by atoms with Gasteiger partial charge in [0.2, 0.25) is 0 Å². The van der Waals surface area contributed by atoms with E-state index in [0.717, 1.165) is 0 Å². The smallest absolute Gasteiger partial charge is 0.388 e. The van der Waals surface area contributed by atoms with Crippen molar-refractivity contribution >= 4 is 51.0 Å². The van der Waals surface area contributed by atoms with E-state index in [1.54, 1.807) is 43.0 Å². The van der Waals surface area contributed by atoms with Crippen molar-refractivity contribution in [2.24, 2.45) is 5.16 Å². The SMILES string of the molecule is CCN(C(=O)/C(CS(=O)CCC(F)(F)F)=N\OCc1nccs1)c1cn(-c2cccnc2)nc1Cl. The van der Waals surface area contributed by atoms with E-state index < -0.39 is 40.8 Å². The summed E-state index contributed by atoms with van der Waals surface area (Å²) in [6.07, 6.45) is 0.491. The van der Waals surface area contributed by atoms with E-state index in [4.69, 9.17) is 16.4 Å². The fourth-order valence-electron chi connectivity index (χ4n) is 2.80. The third kappa shape index (κ3) is 7.83. The van der Waals surface area contributed by atoms with Gasteiger partial charge in [0.1, 0.15) is 10.7 Å². The largest absolute Gasteiger partial charge is 0.390 e. The number of hydrogen-bond donors (Lipinski definition) is 0. The van der Waals surface area contributed by atoms with Crippen molar-refractivity contribution in [2.75, 3.05) is 23.0 Å². The highest BCUT2D eigenvalue weighted by Gasteiger charge is 2.30. The molecule has 15 heteroatoms. The number of hydrogen-bond acceptors (Lipinski definition) is 8. The van der Waals surface area contributed by atoms with Gasteiger partial charge in [0.05, 0.1) is 30.3 Å². The Balaban J connectivity index is 1.83. The lowest BCUT2D eigenvalue weighted by Gasteiger charge is -2.20. The molecule has 35 heavy (non-hydrogen) atoms. The quantitative estimate of drug-likeness (QED) is 0.265. The van der Waals surface area contributed by atoms with Gasteiger partial charge in [-0.15, -0.1) is 11.3 Å². The second-order valence-corrected chi connectivity index (χ2v) is 9.81. The maximum absolute atomic E-state index is 13.3. The van der Waals surface area contributed by atoms with E-state index in [2.05, 4.69) is 20.2 Å². The van der Waals surface area contributed by atoms with Crippen molar-refractivity contribution in [1.82, 2.24) is 19.7 Å². The van der Waals surface area contributed by atoms with E-state index in [1.165, 1.54) is 27.1 Å². The molecule has 3 aromatic rings. The molecule has 0 aliphatic rings. The molecule has 188 valence electrons. The molecule has 0 radical (unpaired) electrons. The topological polar surface area (TPSA) is 103 Å². The summed E-state index contributed by atoms with van der Waals surface area (Å²) >= 11 is 7.58. The Morgan fingerprint density at radius 3 is 2.80 bits per heavy atom. The Bertz CT molecular complexity index is 1170. The predicted molar refractivity (Wildman–Crippen MR) is 127 cm³/mol. The van der Waals surface area contributed by atoms with E-state index in [1.807, 2.05) is 0 Å². The normalized spacial score (nSPS) is 13.0. The van der Waals surface area contributed by atoms with Gasteiger partial charge < -0.3 is 9.74 Å². The van der Waals surface area contributed by atoms with Crippen LogP contribution in [0.25, 0.3) is 5.69 Å². The van der Waals surface area contributed by atoms with Gasteiger partial charge in [0.15, 0.2) is 17.5 Å². The Morgan fingerprint density at radius 2 is 2.17 bits per heavy atom. The summed E-state index contributed by atoms with van der Waals surface area (Å²) in [6, 6.07) is 3.44. The highest BCUT2D eigenvalue weighted by molar-refractivity contribution is 7.85. The molecule has 0 saturated carbocycles. The molecule has 1 unspecified atom stereocenters. The lowest BCUT2D eigenvalue weighted by Crippen LogP contribution is -2.39. The minimum Gasteiger partial charge on any atom is -0.388 e. The number of carbonyl (C=O) groups is 1. The first kappa shape index (κ1) is 26.8. The van der Waals surface area contributed by atoms with Gasteiger partial charge in [0, 0.05) is 40.9 Å². The van der Waals surface area contributed by atoms with Gasteiger partial charge in [-0.05, 0) is 19.1 Å². The lowest BCUT2D eigenvalue weighted by molar-refractivity contribution is -0.129. The predicted octanol–water partition coefficient (Wildman–Crippen LogP) is 4.00. The molecular weight excluding hydrogens is 529 g/mol. The van der Waals surface area contributed by atoms with Crippen molar-refractivity contribution in [2.45, 2.75) is 26.1 Å². The van der Waals surface area contributed by atoms with Gasteiger partial charge in [-0.2, -0.15) is 18.3 Å². The molecular formula is C20H20ClF3N6O3S2.